The molecule has 5 rings (SSSR count). The number of rotatable bonds is 11. The van der Waals surface area contributed by atoms with E-state index in [2.05, 4.69) is 17.1 Å². The fourth-order valence-electron chi connectivity index (χ4n) is 6.96. The number of carboxylic acid groups (broad SMARTS) is 1. The van der Waals surface area contributed by atoms with Crippen LogP contribution in [0.4, 0.5) is 0 Å². The van der Waals surface area contributed by atoms with E-state index in [1.807, 2.05) is 29.2 Å². The van der Waals surface area contributed by atoms with Crippen LogP contribution in [0.1, 0.15) is 87.1 Å². The average Bonchev–Trinajstić information content (AvgIpc) is 3.03. The molecule has 0 radical (unpaired) electrons. The fraction of sp³-hybridized carbons (Fsp3) is 0.559. The molecule has 0 unspecified atom stereocenters. The van der Waals surface area contributed by atoms with Crippen LogP contribution in [0, 0.1) is 5.92 Å². The Bertz CT molecular complexity index is 1260. The third-order valence-corrected chi connectivity index (χ3v) is 9.57. The molecule has 2 saturated heterocycles. The predicted octanol–water partition coefficient (Wildman–Crippen LogP) is 5.39. The zero-order valence-corrected chi connectivity index (χ0v) is 26.4. The van der Waals surface area contributed by atoms with Crippen molar-refractivity contribution in [3.8, 4) is 11.5 Å². The molecule has 1 saturated carbocycles. The van der Waals surface area contributed by atoms with Gasteiger partial charge in [-0.2, -0.15) is 0 Å². The average molecular weight is 628 g/mol. The first-order valence-corrected chi connectivity index (χ1v) is 15.9. The van der Waals surface area contributed by atoms with Crippen LogP contribution >= 0.6 is 12.4 Å². The van der Waals surface area contributed by atoms with Gasteiger partial charge in [0.15, 0.2) is 0 Å². The van der Waals surface area contributed by atoms with Crippen LogP contribution in [-0.2, 0) is 16.1 Å². The molecule has 2 atom stereocenters. The highest BCUT2D eigenvalue weighted by atomic mass is 35.5. The molecule has 2 aromatic carbocycles. The number of nitrogens with zero attached hydrogens (tertiary/aromatic N) is 2. The number of aliphatic hydroxyl groups is 1. The number of carboxylic acids is 1. The minimum absolute atomic E-state index is 0. The highest BCUT2D eigenvalue weighted by molar-refractivity contribution is 6.00. The lowest BCUT2D eigenvalue weighted by Crippen LogP contribution is -2.75. The van der Waals surface area contributed by atoms with Gasteiger partial charge in [-0.25, -0.2) is 4.79 Å². The van der Waals surface area contributed by atoms with E-state index in [9.17, 15) is 19.5 Å². The number of piperazine rings is 1. The second-order valence-electron chi connectivity index (χ2n) is 12.4. The van der Waals surface area contributed by atoms with Crippen LogP contribution in [-0.4, -0.2) is 75.1 Å². The normalized spacial score (nSPS) is 21.4. The van der Waals surface area contributed by atoms with Crippen LogP contribution in [0.25, 0.3) is 0 Å². The van der Waals surface area contributed by atoms with Gasteiger partial charge in [-0.1, -0.05) is 51.2 Å². The number of aromatic carboxylic acids is 1. The van der Waals surface area contributed by atoms with Gasteiger partial charge in [-0.15, -0.1) is 12.4 Å². The van der Waals surface area contributed by atoms with Crippen LogP contribution in [0.3, 0.4) is 0 Å². The van der Waals surface area contributed by atoms with Gasteiger partial charge < -0.3 is 25.2 Å². The molecule has 2 aliphatic heterocycles. The Balaban J connectivity index is 0.00000442. The lowest BCUT2D eigenvalue weighted by molar-refractivity contribution is -0.166. The number of aliphatic hydroxyl groups excluding tert-OH is 1. The number of likely N-dealkylation sites (tertiary alicyclic amines) is 1. The van der Waals surface area contributed by atoms with Crippen LogP contribution in [0.5, 0.6) is 11.5 Å². The predicted molar refractivity (Wildman–Crippen MR) is 170 cm³/mol. The van der Waals surface area contributed by atoms with Crippen LogP contribution in [0.15, 0.2) is 48.5 Å². The van der Waals surface area contributed by atoms with Gasteiger partial charge in [0.1, 0.15) is 23.1 Å². The molecule has 240 valence electrons. The Hall–Kier alpha value is -3.14. The number of unbranched alkanes of at least 4 members (excludes halogenated alkanes) is 2. The summed E-state index contributed by atoms with van der Waals surface area (Å²) in [5.41, 5.74) is 0.462. The molecule has 0 bridgehead atoms. The van der Waals surface area contributed by atoms with Crippen LogP contribution < -0.4 is 10.1 Å². The largest absolute Gasteiger partial charge is 0.478 e. The monoisotopic (exact) mass is 627 g/mol. The molecular weight excluding hydrogens is 582 g/mol. The van der Waals surface area contributed by atoms with Crippen molar-refractivity contribution < 1.29 is 29.3 Å². The lowest BCUT2D eigenvalue weighted by atomic mass is 9.78. The van der Waals surface area contributed by atoms with Gasteiger partial charge in [-0.3, -0.25) is 14.5 Å². The smallest absolute Gasteiger partial charge is 0.335 e. The zero-order chi connectivity index (χ0) is 30.4. The molecule has 3 N–H and O–H groups in total. The first-order valence-electron chi connectivity index (χ1n) is 15.9. The number of hydrogen-bond donors (Lipinski definition) is 3. The molecule has 3 fully saturated rings. The maximum absolute atomic E-state index is 13.9. The Kier molecular flexibility index (Phi) is 11.7. The minimum Gasteiger partial charge on any atom is -0.478 e. The van der Waals surface area contributed by atoms with Crippen molar-refractivity contribution in [2.45, 2.75) is 95.4 Å². The number of carbonyl (C=O) groups is 3. The summed E-state index contributed by atoms with van der Waals surface area (Å²) in [5, 5.41) is 23.3. The van der Waals surface area contributed by atoms with Gasteiger partial charge in [0.05, 0.1) is 11.7 Å². The third kappa shape index (κ3) is 7.56. The summed E-state index contributed by atoms with van der Waals surface area (Å²) in [6.07, 6.45) is 8.29. The fourth-order valence-corrected chi connectivity index (χ4v) is 6.96. The SMILES string of the molecule is CCCCCN1C(=O)[C@@H]([C@H](O)C2CCCCC2)NC(=O)C12CCN(Cc1ccc(Oc3ccc(C(=O)O)cc3)cc1)CC2.Cl. The molecule has 2 aromatic rings. The number of nitrogens with one attached hydrogen (secondary N) is 1. The molecule has 10 heteroatoms. The Labute approximate surface area is 266 Å². The van der Waals surface area contributed by atoms with Crippen LogP contribution in [0.2, 0.25) is 0 Å². The third-order valence-electron chi connectivity index (χ3n) is 9.57. The highest BCUT2D eigenvalue weighted by Crippen LogP contribution is 2.36. The van der Waals surface area contributed by atoms with E-state index in [1.54, 1.807) is 12.1 Å². The summed E-state index contributed by atoms with van der Waals surface area (Å²) in [7, 11) is 0. The Morgan fingerprint density at radius 3 is 2.18 bits per heavy atom. The zero-order valence-electron chi connectivity index (χ0n) is 25.6. The number of amides is 2. The summed E-state index contributed by atoms with van der Waals surface area (Å²) < 4.78 is 5.86. The number of ether oxygens (including phenoxy) is 1. The van der Waals surface area contributed by atoms with E-state index in [1.165, 1.54) is 18.6 Å². The first-order chi connectivity index (χ1) is 20.8. The van der Waals surface area contributed by atoms with Crippen molar-refractivity contribution in [1.29, 1.82) is 0 Å². The van der Waals surface area contributed by atoms with Crippen molar-refractivity contribution in [3.63, 3.8) is 0 Å². The number of piperidine rings is 1. The molecule has 44 heavy (non-hydrogen) atoms. The molecule has 0 aromatic heterocycles. The first kappa shape index (κ1) is 33.7. The summed E-state index contributed by atoms with van der Waals surface area (Å²) in [6.45, 7) is 4.78. The number of hydrogen-bond acceptors (Lipinski definition) is 6. The van der Waals surface area contributed by atoms with Crippen molar-refractivity contribution >= 4 is 30.2 Å². The molecule has 3 aliphatic rings. The second-order valence-corrected chi connectivity index (χ2v) is 12.4. The number of halogens is 1. The van der Waals surface area contributed by atoms with Crippen molar-refractivity contribution in [2.75, 3.05) is 19.6 Å². The van der Waals surface area contributed by atoms with E-state index in [-0.39, 0.29) is 35.7 Å². The van der Waals surface area contributed by atoms with Gasteiger partial charge in [0.25, 0.3) is 0 Å². The molecule has 2 amide bonds. The van der Waals surface area contributed by atoms with Crippen molar-refractivity contribution in [1.82, 2.24) is 15.1 Å². The Morgan fingerprint density at radius 2 is 1.59 bits per heavy atom. The van der Waals surface area contributed by atoms with E-state index in [0.29, 0.717) is 44.0 Å². The van der Waals surface area contributed by atoms with E-state index in [4.69, 9.17) is 9.84 Å². The van der Waals surface area contributed by atoms with E-state index >= 15 is 0 Å². The lowest BCUT2D eigenvalue weighted by Gasteiger charge is -2.52. The quantitative estimate of drug-likeness (QED) is 0.286. The molecule has 1 spiro atoms. The maximum atomic E-state index is 13.9. The van der Waals surface area contributed by atoms with Gasteiger partial charge >= 0.3 is 5.97 Å². The minimum atomic E-state index is -0.975. The standard InChI is InChI=1S/C34H45N3O6.ClH/c1-2-3-7-20-37-31(39)29(30(38)25-8-5-4-6-9-25)35-33(42)34(37)18-21-36(22-19-34)23-24-10-14-27(15-11-24)43-28-16-12-26(13-17-28)32(40)41;/h10-17,25,29-30,38H,2-9,18-23H2,1H3,(H,35,42)(H,40,41);1H/t29-,30-;/m1./s1. The van der Waals surface area contributed by atoms with Gasteiger partial charge in [0.2, 0.25) is 11.8 Å². The molecule has 1 aliphatic carbocycles. The van der Waals surface area contributed by atoms with E-state index in [0.717, 1.165) is 57.1 Å². The molecule has 9 nitrogen and oxygen atoms in total. The summed E-state index contributed by atoms with van der Waals surface area (Å²) in [6, 6.07) is 13.3. The molecular formula is C34H46ClN3O6. The summed E-state index contributed by atoms with van der Waals surface area (Å²) in [4.78, 5) is 42.9. The van der Waals surface area contributed by atoms with Crippen molar-refractivity contribution in [3.05, 3.63) is 59.7 Å². The second kappa shape index (κ2) is 15.2. The number of carbonyl (C=O) groups excluding carboxylic acids is 2. The van der Waals surface area contributed by atoms with E-state index < -0.39 is 23.7 Å². The maximum Gasteiger partial charge on any atom is 0.335 e. The van der Waals surface area contributed by atoms with Crippen molar-refractivity contribution in [2.24, 2.45) is 5.92 Å². The topological polar surface area (TPSA) is 119 Å². The summed E-state index contributed by atoms with van der Waals surface area (Å²) >= 11 is 0. The van der Waals surface area contributed by atoms with Gasteiger partial charge in [0, 0.05) is 26.2 Å². The molecule has 2 heterocycles. The number of benzene rings is 2. The highest BCUT2D eigenvalue weighted by Gasteiger charge is 2.55. The van der Waals surface area contributed by atoms with Gasteiger partial charge in [-0.05, 0) is 80.0 Å². The summed E-state index contributed by atoms with van der Waals surface area (Å²) in [5.74, 6) is 0.0880. The Morgan fingerprint density at radius 1 is 0.977 bits per heavy atom.